The Kier molecular flexibility index (Phi) is 6.49. The molecule has 3 nitrogen and oxygen atoms in total. The van der Waals surface area contributed by atoms with Gasteiger partial charge in [-0.2, -0.15) is 0 Å². The molecule has 3 heteroatoms. The van der Waals surface area contributed by atoms with Gasteiger partial charge in [0.15, 0.2) is 0 Å². The molecular formula is C27H31NO2. The molecule has 1 aliphatic rings. The van der Waals surface area contributed by atoms with Gasteiger partial charge in [0.1, 0.15) is 0 Å². The number of hydrogen-bond acceptors (Lipinski definition) is 3. The molecule has 3 aromatic carbocycles. The molecule has 156 valence electrons. The second-order valence-corrected chi connectivity index (χ2v) is 8.48. The zero-order valence-electron chi connectivity index (χ0n) is 17.9. The average molecular weight is 402 g/mol. The monoisotopic (exact) mass is 401 g/mol. The van der Waals surface area contributed by atoms with Crippen molar-refractivity contribution in [2.24, 2.45) is 0 Å². The highest BCUT2D eigenvalue weighted by Gasteiger charge is 2.27. The molecule has 0 amide bonds. The van der Waals surface area contributed by atoms with Gasteiger partial charge in [-0.1, -0.05) is 66.7 Å². The third-order valence-corrected chi connectivity index (χ3v) is 6.50. The molecule has 0 spiro atoms. The molecular weight excluding hydrogens is 370 g/mol. The van der Waals surface area contributed by atoms with Crippen LogP contribution in [0.4, 0.5) is 0 Å². The van der Waals surface area contributed by atoms with Crippen molar-refractivity contribution in [2.45, 2.75) is 57.0 Å². The molecule has 0 radical (unpaired) electrons. The van der Waals surface area contributed by atoms with E-state index >= 15 is 0 Å². The standard InChI is InChI=1S/C27H31NO2/c1-19(25-9-5-7-22-6-3-4-8-26(22)25)28-24-16-15-23(18-24)21-13-10-20(11-14-21)12-17-27(29)30-2/h3-11,13-14,19,23-24,28H,12,15-18H2,1-2H3/t19-,23-,24+/m1/s1. The summed E-state index contributed by atoms with van der Waals surface area (Å²) in [7, 11) is 1.44. The molecule has 0 bridgehead atoms. The van der Waals surface area contributed by atoms with Crippen LogP contribution in [0, 0.1) is 0 Å². The van der Waals surface area contributed by atoms with Crippen molar-refractivity contribution >= 4 is 16.7 Å². The first-order chi connectivity index (χ1) is 14.6. The molecule has 4 rings (SSSR count). The second-order valence-electron chi connectivity index (χ2n) is 8.48. The van der Waals surface area contributed by atoms with Gasteiger partial charge in [0.25, 0.3) is 0 Å². The maximum Gasteiger partial charge on any atom is 0.305 e. The summed E-state index contributed by atoms with van der Waals surface area (Å²) in [5.41, 5.74) is 3.99. The van der Waals surface area contributed by atoms with Crippen LogP contribution in [0.2, 0.25) is 0 Å². The number of benzene rings is 3. The Labute approximate surface area is 179 Å². The fraction of sp³-hybridized carbons (Fsp3) is 0.370. The van der Waals surface area contributed by atoms with Crippen LogP contribution < -0.4 is 5.32 Å². The summed E-state index contributed by atoms with van der Waals surface area (Å²) < 4.78 is 4.73. The van der Waals surface area contributed by atoms with E-state index in [4.69, 9.17) is 4.74 Å². The van der Waals surface area contributed by atoms with E-state index in [1.165, 1.54) is 53.8 Å². The van der Waals surface area contributed by atoms with E-state index < -0.39 is 0 Å². The van der Waals surface area contributed by atoms with Crippen LogP contribution in [0.5, 0.6) is 0 Å². The van der Waals surface area contributed by atoms with Crippen LogP contribution in [-0.4, -0.2) is 19.1 Å². The van der Waals surface area contributed by atoms with Gasteiger partial charge in [-0.15, -0.1) is 0 Å². The van der Waals surface area contributed by atoms with Gasteiger partial charge >= 0.3 is 5.97 Å². The summed E-state index contributed by atoms with van der Waals surface area (Å²) in [6, 6.07) is 24.9. The van der Waals surface area contributed by atoms with Crippen molar-refractivity contribution in [2.75, 3.05) is 7.11 Å². The largest absolute Gasteiger partial charge is 0.469 e. The molecule has 0 aliphatic heterocycles. The fourth-order valence-corrected chi connectivity index (χ4v) is 4.81. The number of carbonyl (C=O) groups is 1. The summed E-state index contributed by atoms with van der Waals surface area (Å²) in [5.74, 6) is 0.459. The second kappa shape index (κ2) is 9.44. The van der Waals surface area contributed by atoms with Gasteiger partial charge in [-0.25, -0.2) is 0 Å². The Morgan fingerprint density at radius 2 is 1.80 bits per heavy atom. The average Bonchev–Trinajstić information content (AvgIpc) is 3.25. The van der Waals surface area contributed by atoms with Gasteiger partial charge < -0.3 is 10.1 Å². The molecule has 3 atom stereocenters. The lowest BCUT2D eigenvalue weighted by Crippen LogP contribution is -2.29. The number of fused-ring (bicyclic) bond motifs is 1. The van der Waals surface area contributed by atoms with Crippen LogP contribution in [-0.2, 0) is 16.0 Å². The minimum Gasteiger partial charge on any atom is -0.469 e. The van der Waals surface area contributed by atoms with Crippen molar-refractivity contribution in [3.8, 4) is 0 Å². The third kappa shape index (κ3) is 4.73. The summed E-state index contributed by atoms with van der Waals surface area (Å²) in [4.78, 5) is 11.3. The quantitative estimate of drug-likeness (QED) is 0.499. The molecule has 0 unspecified atom stereocenters. The zero-order valence-corrected chi connectivity index (χ0v) is 17.9. The molecule has 3 aromatic rings. The molecule has 1 aliphatic carbocycles. The number of carbonyl (C=O) groups excluding carboxylic acids is 1. The minimum absolute atomic E-state index is 0.149. The highest BCUT2D eigenvalue weighted by atomic mass is 16.5. The molecule has 1 N–H and O–H groups in total. The maximum atomic E-state index is 11.3. The van der Waals surface area contributed by atoms with Gasteiger partial charge in [-0.3, -0.25) is 4.79 Å². The predicted molar refractivity (Wildman–Crippen MR) is 123 cm³/mol. The van der Waals surface area contributed by atoms with Gasteiger partial charge in [0.2, 0.25) is 0 Å². The molecule has 30 heavy (non-hydrogen) atoms. The number of aryl methyl sites for hydroxylation is 1. The lowest BCUT2D eigenvalue weighted by Gasteiger charge is -2.21. The Hall–Kier alpha value is -2.65. The first-order valence-corrected chi connectivity index (χ1v) is 11.0. The molecule has 1 saturated carbocycles. The third-order valence-electron chi connectivity index (χ3n) is 6.50. The molecule has 0 aromatic heterocycles. The van der Waals surface area contributed by atoms with Crippen LogP contribution >= 0.6 is 0 Å². The number of hydrogen-bond donors (Lipinski definition) is 1. The van der Waals surface area contributed by atoms with Crippen molar-refractivity contribution in [1.29, 1.82) is 0 Å². The summed E-state index contributed by atoms with van der Waals surface area (Å²) >= 11 is 0. The lowest BCUT2D eigenvalue weighted by molar-refractivity contribution is -0.140. The highest BCUT2D eigenvalue weighted by Crippen LogP contribution is 2.36. The predicted octanol–water partition coefficient (Wildman–Crippen LogP) is 5.93. The Bertz CT molecular complexity index is 990. The maximum absolute atomic E-state index is 11.3. The van der Waals surface area contributed by atoms with Crippen LogP contribution in [0.1, 0.15) is 61.3 Å². The fourth-order valence-electron chi connectivity index (χ4n) is 4.81. The van der Waals surface area contributed by atoms with Crippen molar-refractivity contribution in [3.63, 3.8) is 0 Å². The summed E-state index contributed by atoms with van der Waals surface area (Å²) in [6.07, 6.45) is 4.80. The van der Waals surface area contributed by atoms with Crippen LogP contribution in [0.25, 0.3) is 10.8 Å². The Morgan fingerprint density at radius 1 is 1.03 bits per heavy atom. The minimum atomic E-state index is -0.149. The Balaban J connectivity index is 1.35. The van der Waals surface area contributed by atoms with Crippen molar-refractivity contribution in [3.05, 3.63) is 83.4 Å². The van der Waals surface area contributed by atoms with E-state index in [9.17, 15) is 4.79 Å². The lowest BCUT2D eigenvalue weighted by atomic mass is 9.95. The van der Waals surface area contributed by atoms with Crippen molar-refractivity contribution < 1.29 is 9.53 Å². The van der Waals surface area contributed by atoms with Gasteiger partial charge in [0.05, 0.1) is 7.11 Å². The molecule has 1 fully saturated rings. The van der Waals surface area contributed by atoms with Crippen LogP contribution in [0.15, 0.2) is 66.7 Å². The van der Waals surface area contributed by atoms with Crippen molar-refractivity contribution in [1.82, 2.24) is 5.32 Å². The topological polar surface area (TPSA) is 38.3 Å². The summed E-state index contributed by atoms with van der Waals surface area (Å²) in [6.45, 7) is 2.28. The molecule has 0 saturated heterocycles. The SMILES string of the molecule is COC(=O)CCc1ccc([C@@H]2CC[C@H](N[C@H](C)c3cccc4ccccc34)C2)cc1. The number of ether oxygens (including phenoxy) is 1. The van der Waals surface area contributed by atoms with E-state index in [1.54, 1.807) is 0 Å². The number of methoxy groups -OCH3 is 1. The van der Waals surface area contributed by atoms with Gasteiger partial charge in [0, 0.05) is 18.5 Å². The Morgan fingerprint density at radius 3 is 2.60 bits per heavy atom. The van der Waals surface area contributed by atoms with Gasteiger partial charge in [-0.05, 0) is 66.0 Å². The van der Waals surface area contributed by atoms with E-state index in [2.05, 4.69) is 79.0 Å². The smallest absolute Gasteiger partial charge is 0.305 e. The van der Waals surface area contributed by atoms with Crippen LogP contribution in [0.3, 0.4) is 0 Å². The van der Waals surface area contributed by atoms with E-state index in [0.717, 1.165) is 6.42 Å². The molecule has 0 heterocycles. The van der Waals surface area contributed by atoms with E-state index in [0.29, 0.717) is 24.4 Å². The number of nitrogens with one attached hydrogen (secondary N) is 1. The zero-order chi connectivity index (χ0) is 20.9. The first kappa shape index (κ1) is 20.6. The van der Waals surface area contributed by atoms with E-state index in [-0.39, 0.29) is 5.97 Å². The number of esters is 1. The summed E-state index contributed by atoms with van der Waals surface area (Å²) in [5, 5.41) is 6.54. The normalized spacial score (nSPS) is 19.7. The van der Waals surface area contributed by atoms with E-state index in [1.807, 2.05) is 0 Å². The highest BCUT2D eigenvalue weighted by molar-refractivity contribution is 5.86. The first-order valence-electron chi connectivity index (χ1n) is 11.0. The number of rotatable bonds is 7.